The summed E-state index contributed by atoms with van der Waals surface area (Å²) in [6.07, 6.45) is 8.65. The maximum atomic E-state index is 3.62. The molecule has 0 radical (unpaired) electrons. The summed E-state index contributed by atoms with van der Waals surface area (Å²) < 4.78 is 0. The molecule has 0 spiro atoms. The van der Waals surface area contributed by atoms with Crippen molar-refractivity contribution in [3.05, 3.63) is 0 Å². The van der Waals surface area contributed by atoms with Gasteiger partial charge in [-0.2, -0.15) is 0 Å². The summed E-state index contributed by atoms with van der Waals surface area (Å²) in [7, 11) is 0. The quantitative estimate of drug-likeness (QED) is 0.630. The van der Waals surface area contributed by atoms with Crippen LogP contribution in [0, 0.1) is 10.8 Å². The standard InChI is InChI=1S/C12H23Br/c1-11(2,10-13)9-12(3)7-5-4-6-8-12/h4-10H2,1-3H3. The Hall–Kier alpha value is 0.480. The van der Waals surface area contributed by atoms with Crippen molar-refractivity contribution < 1.29 is 0 Å². The zero-order chi connectivity index (χ0) is 9.95. The first kappa shape index (κ1) is 11.6. The van der Waals surface area contributed by atoms with Gasteiger partial charge in [-0.3, -0.25) is 0 Å². The van der Waals surface area contributed by atoms with Crippen LogP contribution in [0.1, 0.15) is 59.3 Å². The van der Waals surface area contributed by atoms with E-state index in [-0.39, 0.29) is 0 Å². The van der Waals surface area contributed by atoms with Gasteiger partial charge in [-0.1, -0.05) is 56.0 Å². The summed E-state index contributed by atoms with van der Waals surface area (Å²) in [6, 6.07) is 0. The molecule has 0 aromatic heterocycles. The number of halogens is 1. The molecule has 1 aliphatic carbocycles. The molecule has 0 nitrogen and oxygen atoms in total. The minimum Gasteiger partial charge on any atom is -0.0922 e. The van der Waals surface area contributed by atoms with Gasteiger partial charge in [0.15, 0.2) is 0 Å². The van der Waals surface area contributed by atoms with Gasteiger partial charge in [0.25, 0.3) is 0 Å². The second kappa shape index (κ2) is 4.33. The number of hydrogen-bond donors (Lipinski definition) is 0. The molecule has 1 heteroatoms. The Kier molecular flexibility index (Phi) is 3.85. The van der Waals surface area contributed by atoms with Crippen molar-refractivity contribution in [3.8, 4) is 0 Å². The van der Waals surface area contributed by atoms with E-state index in [0.717, 1.165) is 5.33 Å². The fourth-order valence-corrected chi connectivity index (χ4v) is 2.98. The average molecular weight is 247 g/mol. The topological polar surface area (TPSA) is 0 Å². The average Bonchev–Trinajstić information content (AvgIpc) is 2.04. The van der Waals surface area contributed by atoms with E-state index >= 15 is 0 Å². The fraction of sp³-hybridized carbons (Fsp3) is 1.00. The minimum atomic E-state index is 0.478. The van der Waals surface area contributed by atoms with Crippen LogP contribution in [0.5, 0.6) is 0 Å². The Bertz CT molecular complexity index is 155. The molecule has 1 rings (SSSR count). The van der Waals surface area contributed by atoms with Gasteiger partial charge >= 0.3 is 0 Å². The molecule has 0 aromatic rings. The zero-order valence-electron chi connectivity index (χ0n) is 9.33. The zero-order valence-corrected chi connectivity index (χ0v) is 10.9. The molecule has 0 unspecified atom stereocenters. The lowest BCUT2D eigenvalue weighted by molar-refractivity contribution is 0.137. The van der Waals surface area contributed by atoms with Gasteiger partial charge in [-0.25, -0.2) is 0 Å². The van der Waals surface area contributed by atoms with E-state index < -0.39 is 0 Å². The molecule has 0 amide bonds. The molecule has 0 atom stereocenters. The van der Waals surface area contributed by atoms with Gasteiger partial charge in [-0.05, 0) is 30.1 Å². The van der Waals surface area contributed by atoms with E-state index in [9.17, 15) is 0 Å². The molecule has 1 fully saturated rings. The van der Waals surface area contributed by atoms with Crippen LogP contribution in [0.25, 0.3) is 0 Å². The highest BCUT2D eigenvalue weighted by atomic mass is 79.9. The van der Waals surface area contributed by atoms with Crippen molar-refractivity contribution in [2.45, 2.75) is 59.3 Å². The van der Waals surface area contributed by atoms with Crippen molar-refractivity contribution >= 4 is 15.9 Å². The van der Waals surface area contributed by atoms with Crippen molar-refractivity contribution in [2.24, 2.45) is 10.8 Å². The van der Waals surface area contributed by atoms with Gasteiger partial charge in [0.2, 0.25) is 0 Å². The third kappa shape index (κ3) is 3.61. The van der Waals surface area contributed by atoms with Gasteiger partial charge in [-0.15, -0.1) is 0 Å². The van der Waals surface area contributed by atoms with Gasteiger partial charge in [0.1, 0.15) is 0 Å². The monoisotopic (exact) mass is 246 g/mol. The number of rotatable bonds is 3. The highest BCUT2D eigenvalue weighted by Gasteiger charge is 2.32. The molecular formula is C12H23Br. The Morgan fingerprint density at radius 1 is 1.15 bits per heavy atom. The third-order valence-corrected chi connectivity index (χ3v) is 4.85. The van der Waals surface area contributed by atoms with E-state index in [1.165, 1.54) is 38.5 Å². The molecule has 0 heterocycles. The predicted octanol–water partition coefficient (Wildman–Crippen LogP) is 4.77. The number of alkyl halides is 1. The van der Waals surface area contributed by atoms with E-state index in [2.05, 4.69) is 36.7 Å². The van der Waals surface area contributed by atoms with Crippen LogP contribution in [0.15, 0.2) is 0 Å². The Morgan fingerprint density at radius 2 is 1.69 bits per heavy atom. The first-order valence-electron chi connectivity index (χ1n) is 5.54. The van der Waals surface area contributed by atoms with E-state index in [1.807, 2.05) is 0 Å². The van der Waals surface area contributed by atoms with Crippen molar-refractivity contribution in [1.82, 2.24) is 0 Å². The van der Waals surface area contributed by atoms with E-state index in [0.29, 0.717) is 10.8 Å². The van der Waals surface area contributed by atoms with Crippen LogP contribution in [0.4, 0.5) is 0 Å². The Labute approximate surface area is 91.6 Å². The summed E-state index contributed by atoms with van der Waals surface area (Å²) in [5.41, 5.74) is 1.11. The first-order chi connectivity index (χ1) is 5.97. The Balaban J connectivity index is 2.49. The number of hydrogen-bond acceptors (Lipinski definition) is 0. The largest absolute Gasteiger partial charge is 0.0922 e. The third-order valence-electron chi connectivity index (χ3n) is 3.33. The summed E-state index contributed by atoms with van der Waals surface area (Å²) in [4.78, 5) is 0. The predicted molar refractivity (Wildman–Crippen MR) is 63.4 cm³/mol. The van der Waals surface area contributed by atoms with Crippen molar-refractivity contribution in [2.75, 3.05) is 5.33 Å². The summed E-state index contributed by atoms with van der Waals surface area (Å²) in [5.74, 6) is 0. The fourth-order valence-electron chi connectivity index (χ4n) is 2.78. The van der Waals surface area contributed by atoms with Crippen LogP contribution >= 0.6 is 15.9 Å². The van der Waals surface area contributed by atoms with Crippen LogP contribution in [-0.2, 0) is 0 Å². The van der Waals surface area contributed by atoms with Crippen LogP contribution in [-0.4, -0.2) is 5.33 Å². The molecule has 1 saturated carbocycles. The second-order valence-corrected chi connectivity index (χ2v) is 6.41. The summed E-state index contributed by atoms with van der Waals surface area (Å²) >= 11 is 3.62. The van der Waals surface area contributed by atoms with Crippen LogP contribution < -0.4 is 0 Å². The molecule has 0 saturated heterocycles. The maximum absolute atomic E-state index is 3.62. The molecule has 0 N–H and O–H groups in total. The molecule has 1 aliphatic rings. The second-order valence-electron chi connectivity index (χ2n) is 5.85. The van der Waals surface area contributed by atoms with Crippen molar-refractivity contribution in [1.29, 1.82) is 0 Å². The molecule has 0 bridgehead atoms. The maximum Gasteiger partial charge on any atom is 0.00828 e. The minimum absolute atomic E-state index is 0.478. The van der Waals surface area contributed by atoms with Crippen LogP contribution in [0.2, 0.25) is 0 Å². The normalized spacial score (nSPS) is 23.1. The summed E-state index contributed by atoms with van der Waals surface area (Å²) in [5, 5.41) is 1.13. The lowest BCUT2D eigenvalue weighted by atomic mass is 9.67. The lowest BCUT2D eigenvalue weighted by Crippen LogP contribution is -2.28. The Morgan fingerprint density at radius 3 is 2.15 bits per heavy atom. The molecular weight excluding hydrogens is 224 g/mol. The van der Waals surface area contributed by atoms with E-state index in [4.69, 9.17) is 0 Å². The van der Waals surface area contributed by atoms with Gasteiger partial charge in [0.05, 0.1) is 0 Å². The molecule has 0 aromatic carbocycles. The molecule has 78 valence electrons. The van der Waals surface area contributed by atoms with Crippen molar-refractivity contribution in [3.63, 3.8) is 0 Å². The smallest absolute Gasteiger partial charge is 0.00828 e. The van der Waals surface area contributed by atoms with Crippen LogP contribution in [0.3, 0.4) is 0 Å². The highest BCUT2D eigenvalue weighted by molar-refractivity contribution is 9.09. The highest BCUT2D eigenvalue weighted by Crippen LogP contribution is 2.44. The van der Waals surface area contributed by atoms with E-state index in [1.54, 1.807) is 0 Å². The summed E-state index contributed by atoms with van der Waals surface area (Å²) in [6.45, 7) is 7.24. The first-order valence-corrected chi connectivity index (χ1v) is 6.66. The van der Waals surface area contributed by atoms with Gasteiger partial charge in [0, 0.05) is 5.33 Å². The molecule has 0 aliphatic heterocycles. The van der Waals surface area contributed by atoms with Gasteiger partial charge < -0.3 is 0 Å². The SMILES string of the molecule is CC(C)(CBr)CC1(C)CCCCC1. The lowest BCUT2D eigenvalue weighted by Gasteiger charge is -2.39. The molecule has 13 heavy (non-hydrogen) atoms.